The molecule has 3 rings (SSSR count). The molecule has 0 unspecified atom stereocenters. The molecule has 0 radical (unpaired) electrons. The number of nitrogens with one attached hydrogen (secondary N) is 1. The number of carbonyl (C=O) groups is 1. The largest absolute Gasteiger partial charge is 0.505 e. The number of anilines is 1. The van der Waals surface area contributed by atoms with Crippen LogP contribution in [0.1, 0.15) is 38.8 Å². The quantitative estimate of drug-likeness (QED) is 0.369. The fraction of sp³-hybridized carbons (Fsp3) is 0.348. The van der Waals surface area contributed by atoms with Crippen molar-refractivity contribution in [2.75, 3.05) is 12.3 Å². The van der Waals surface area contributed by atoms with Crippen LogP contribution in [0.25, 0.3) is 6.08 Å². The summed E-state index contributed by atoms with van der Waals surface area (Å²) in [5, 5.41) is 13.1. The van der Waals surface area contributed by atoms with Gasteiger partial charge in [-0.2, -0.15) is 0 Å². The van der Waals surface area contributed by atoms with Crippen LogP contribution in [0.4, 0.5) is 10.5 Å². The summed E-state index contributed by atoms with van der Waals surface area (Å²) in [4.78, 5) is 12.3. The molecule has 1 aliphatic heterocycles. The first-order valence-electron chi connectivity index (χ1n) is 10.2. The first-order chi connectivity index (χ1) is 14.6. The van der Waals surface area contributed by atoms with Crippen LogP contribution in [0.3, 0.4) is 0 Å². The minimum absolute atomic E-state index is 0.0387. The van der Waals surface area contributed by atoms with E-state index >= 15 is 0 Å². The molecule has 0 aromatic heterocycles. The fourth-order valence-electron chi connectivity index (χ4n) is 3.04. The highest BCUT2D eigenvalue weighted by Crippen LogP contribution is 2.39. The van der Waals surface area contributed by atoms with Crippen molar-refractivity contribution in [3.8, 4) is 5.75 Å². The molecule has 8 heteroatoms. The molecule has 0 spiro atoms. The summed E-state index contributed by atoms with van der Waals surface area (Å²) in [5.41, 5.74) is 6.99. The Morgan fingerprint density at radius 2 is 1.74 bits per heavy atom. The van der Waals surface area contributed by atoms with Crippen molar-refractivity contribution in [1.29, 1.82) is 0 Å². The molecule has 2 aromatic carbocycles. The third-order valence-corrected chi connectivity index (χ3v) is 5.64. The SMILES string of the molecule is CC1(C)OB(C(=Cc2cccc(N)c2O)CNC(=O)OCc2ccccc2)OC1(C)C. The lowest BCUT2D eigenvalue weighted by Gasteiger charge is -2.32. The Bertz CT molecular complexity index is 944. The molecule has 1 heterocycles. The van der Waals surface area contributed by atoms with Gasteiger partial charge in [-0.1, -0.05) is 48.5 Å². The van der Waals surface area contributed by atoms with E-state index in [0.717, 1.165) is 5.56 Å². The number of benzene rings is 2. The number of nitrogen functional groups attached to an aromatic ring is 1. The van der Waals surface area contributed by atoms with E-state index in [0.29, 0.717) is 11.0 Å². The van der Waals surface area contributed by atoms with Crippen LogP contribution in [0, 0.1) is 0 Å². The van der Waals surface area contributed by atoms with Crippen molar-refractivity contribution in [3.05, 3.63) is 65.1 Å². The Morgan fingerprint density at radius 1 is 1.10 bits per heavy atom. The zero-order valence-corrected chi connectivity index (χ0v) is 18.3. The smallest absolute Gasteiger partial charge is 0.492 e. The fourth-order valence-corrected chi connectivity index (χ4v) is 3.04. The number of aromatic hydroxyl groups is 1. The van der Waals surface area contributed by atoms with Crippen molar-refractivity contribution in [2.45, 2.75) is 45.5 Å². The minimum Gasteiger partial charge on any atom is -0.505 e. The van der Waals surface area contributed by atoms with E-state index in [4.69, 9.17) is 19.8 Å². The number of rotatable bonds is 6. The predicted molar refractivity (Wildman–Crippen MR) is 121 cm³/mol. The third kappa shape index (κ3) is 5.40. The number of phenols is 1. The van der Waals surface area contributed by atoms with E-state index in [1.54, 1.807) is 24.3 Å². The molecule has 1 fully saturated rings. The zero-order chi connectivity index (χ0) is 22.6. The van der Waals surface area contributed by atoms with Crippen LogP contribution in [-0.4, -0.2) is 36.1 Å². The Morgan fingerprint density at radius 3 is 2.39 bits per heavy atom. The summed E-state index contributed by atoms with van der Waals surface area (Å²) in [5.74, 6) is -0.0387. The molecule has 0 bridgehead atoms. The van der Waals surface area contributed by atoms with Crippen LogP contribution in [0.2, 0.25) is 0 Å². The maximum absolute atomic E-state index is 12.3. The van der Waals surface area contributed by atoms with E-state index in [-0.39, 0.29) is 24.6 Å². The maximum Gasteiger partial charge on any atom is 0.492 e. The van der Waals surface area contributed by atoms with Crippen LogP contribution in [-0.2, 0) is 20.7 Å². The molecule has 1 saturated heterocycles. The molecule has 1 amide bonds. The van der Waals surface area contributed by atoms with E-state index in [9.17, 15) is 9.90 Å². The summed E-state index contributed by atoms with van der Waals surface area (Å²) in [7, 11) is -0.708. The molecule has 31 heavy (non-hydrogen) atoms. The summed E-state index contributed by atoms with van der Waals surface area (Å²) in [6.45, 7) is 8.07. The van der Waals surface area contributed by atoms with Gasteiger partial charge in [-0.15, -0.1) is 0 Å². The van der Waals surface area contributed by atoms with E-state index in [1.165, 1.54) is 0 Å². The van der Waals surface area contributed by atoms with Gasteiger partial charge in [-0.05, 0) is 44.8 Å². The van der Waals surface area contributed by atoms with Crippen LogP contribution >= 0.6 is 0 Å². The van der Waals surface area contributed by atoms with Gasteiger partial charge in [-0.3, -0.25) is 0 Å². The van der Waals surface area contributed by atoms with Gasteiger partial charge in [0.25, 0.3) is 0 Å². The van der Waals surface area contributed by atoms with Crippen LogP contribution in [0.15, 0.2) is 54.0 Å². The zero-order valence-electron chi connectivity index (χ0n) is 18.3. The first kappa shape index (κ1) is 22.7. The van der Waals surface area contributed by atoms with Gasteiger partial charge < -0.3 is 30.2 Å². The van der Waals surface area contributed by atoms with Crippen molar-refractivity contribution in [1.82, 2.24) is 5.32 Å². The van der Waals surface area contributed by atoms with Gasteiger partial charge >= 0.3 is 13.2 Å². The number of hydrogen-bond acceptors (Lipinski definition) is 6. The average Bonchev–Trinajstić information content (AvgIpc) is 2.94. The van der Waals surface area contributed by atoms with Gasteiger partial charge in [0, 0.05) is 12.1 Å². The van der Waals surface area contributed by atoms with Gasteiger partial charge in [0.2, 0.25) is 0 Å². The Hall–Kier alpha value is -2.97. The number of para-hydroxylation sites is 1. The maximum atomic E-state index is 12.3. The molecule has 0 saturated carbocycles. The van der Waals surface area contributed by atoms with Gasteiger partial charge in [0.15, 0.2) is 0 Å². The van der Waals surface area contributed by atoms with Gasteiger partial charge in [0.1, 0.15) is 12.4 Å². The Kier molecular flexibility index (Phi) is 6.62. The average molecular weight is 424 g/mol. The molecule has 7 nitrogen and oxygen atoms in total. The second-order valence-electron chi connectivity index (χ2n) is 8.51. The lowest BCUT2D eigenvalue weighted by molar-refractivity contribution is 0.00578. The number of hydrogen-bond donors (Lipinski definition) is 3. The predicted octanol–water partition coefficient (Wildman–Crippen LogP) is 3.92. The van der Waals surface area contributed by atoms with Gasteiger partial charge in [0.05, 0.1) is 16.9 Å². The van der Waals surface area contributed by atoms with Crippen molar-refractivity contribution in [2.24, 2.45) is 0 Å². The van der Waals surface area contributed by atoms with Crippen molar-refractivity contribution >= 4 is 25.0 Å². The number of carbonyl (C=O) groups excluding carboxylic acids is 1. The van der Waals surface area contributed by atoms with Crippen LogP contribution < -0.4 is 11.1 Å². The summed E-state index contributed by atoms with van der Waals surface area (Å²) < 4.78 is 17.6. The highest BCUT2D eigenvalue weighted by atomic mass is 16.7. The first-order valence-corrected chi connectivity index (χ1v) is 10.2. The minimum atomic E-state index is -0.708. The van der Waals surface area contributed by atoms with Gasteiger partial charge in [-0.25, -0.2) is 4.79 Å². The topological polar surface area (TPSA) is 103 Å². The number of phenolic OH excluding ortho intramolecular Hbond substituents is 1. The molecular weight excluding hydrogens is 395 g/mol. The summed E-state index contributed by atoms with van der Waals surface area (Å²) in [6, 6.07) is 14.5. The Balaban J connectivity index is 1.75. The second kappa shape index (κ2) is 9.04. The molecule has 2 aromatic rings. The lowest BCUT2D eigenvalue weighted by atomic mass is 9.77. The Labute approximate surface area is 183 Å². The number of alkyl carbamates (subject to hydrolysis) is 1. The van der Waals surface area contributed by atoms with Crippen LogP contribution in [0.5, 0.6) is 5.75 Å². The molecule has 1 aliphatic rings. The number of ether oxygens (including phenoxy) is 1. The molecule has 4 N–H and O–H groups in total. The number of amides is 1. The summed E-state index contributed by atoms with van der Waals surface area (Å²) in [6.07, 6.45) is 1.15. The normalized spacial score (nSPS) is 17.4. The number of nitrogens with two attached hydrogens (primary N) is 1. The summed E-state index contributed by atoms with van der Waals surface area (Å²) >= 11 is 0. The van der Waals surface area contributed by atoms with E-state index < -0.39 is 24.4 Å². The monoisotopic (exact) mass is 424 g/mol. The lowest BCUT2D eigenvalue weighted by Crippen LogP contribution is -2.41. The van der Waals surface area contributed by atoms with E-state index in [2.05, 4.69) is 5.32 Å². The van der Waals surface area contributed by atoms with Crippen molar-refractivity contribution in [3.63, 3.8) is 0 Å². The molecule has 0 atom stereocenters. The molecule has 164 valence electrons. The standard InChI is InChI=1S/C23H29BN2O5/c1-22(2)23(3,4)31-24(30-22)18(13-17-11-8-12-19(25)20(17)27)14-26-21(28)29-15-16-9-6-5-7-10-16/h5-13,27H,14-15,25H2,1-4H3,(H,26,28). The highest BCUT2D eigenvalue weighted by Gasteiger charge is 2.52. The third-order valence-electron chi connectivity index (χ3n) is 5.64. The highest BCUT2D eigenvalue weighted by molar-refractivity contribution is 6.56. The molecular formula is C23H29BN2O5. The van der Waals surface area contributed by atoms with E-state index in [1.807, 2.05) is 58.0 Å². The second-order valence-corrected chi connectivity index (χ2v) is 8.51. The molecule has 0 aliphatic carbocycles. The van der Waals surface area contributed by atoms with Crippen molar-refractivity contribution < 1.29 is 23.9 Å².